The van der Waals surface area contributed by atoms with E-state index in [1.807, 2.05) is 4.90 Å². The normalized spacial score (nSPS) is 15.5. The summed E-state index contributed by atoms with van der Waals surface area (Å²) < 4.78 is 22.4. The standard InChI is InChI=1S/C12H16ClNO3S2/c1-2-3-6-14(10-4-5-10)12(15)9-7-11(18-8-9)19(13,16)17/h7-8,10H,2-6H2,1H3. The molecule has 1 aromatic heterocycles. The second-order valence-corrected chi connectivity index (χ2v) is 8.38. The monoisotopic (exact) mass is 321 g/mol. The Balaban J connectivity index is 2.15. The van der Waals surface area contributed by atoms with Crippen LogP contribution in [0.4, 0.5) is 0 Å². The molecule has 0 bridgehead atoms. The van der Waals surface area contributed by atoms with E-state index < -0.39 is 9.05 Å². The minimum absolute atomic E-state index is 0.0313. The first-order valence-corrected chi connectivity index (χ1v) is 9.46. The second-order valence-electron chi connectivity index (χ2n) is 4.68. The molecule has 19 heavy (non-hydrogen) atoms. The van der Waals surface area contributed by atoms with Crippen LogP contribution < -0.4 is 0 Å². The van der Waals surface area contributed by atoms with Crippen LogP contribution in [0.15, 0.2) is 15.7 Å². The largest absolute Gasteiger partial charge is 0.336 e. The van der Waals surface area contributed by atoms with Crippen molar-refractivity contribution in [2.24, 2.45) is 0 Å². The molecule has 0 N–H and O–H groups in total. The number of nitrogens with zero attached hydrogens (tertiary/aromatic N) is 1. The maximum Gasteiger partial charge on any atom is 0.270 e. The summed E-state index contributed by atoms with van der Waals surface area (Å²) in [6.45, 7) is 2.82. The van der Waals surface area contributed by atoms with Gasteiger partial charge in [0.15, 0.2) is 0 Å². The highest BCUT2D eigenvalue weighted by Gasteiger charge is 2.33. The number of unbranched alkanes of at least 4 members (excludes halogenated alkanes) is 1. The van der Waals surface area contributed by atoms with Crippen LogP contribution in [0.25, 0.3) is 0 Å². The molecule has 1 amide bonds. The topological polar surface area (TPSA) is 54.5 Å². The van der Waals surface area contributed by atoms with E-state index >= 15 is 0 Å². The number of amides is 1. The van der Waals surface area contributed by atoms with Gasteiger partial charge in [-0.3, -0.25) is 4.79 Å². The van der Waals surface area contributed by atoms with Crippen molar-refractivity contribution in [3.05, 3.63) is 17.0 Å². The number of carbonyl (C=O) groups excluding carboxylic acids is 1. The Bertz CT molecular complexity index is 563. The third kappa shape index (κ3) is 3.70. The van der Waals surface area contributed by atoms with Crippen molar-refractivity contribution in [3.8, 4) is 0 Å². The number of hydrogen-bond donors (Lipinski definition) is 0. The van der Waals surface area contributed by atoms with E-state index in [0.29, 0.717) is 11.6 Å². The number of thiophene rings is 1. The molecule has 1 aromatic rings. The highest BCUT2D eigenvalue weighted by atomic mass is 35.7. The van der Waals surface area contributed by atoms with Crippen molar-refractivity contribution < 1.29 is 13.2 Å². The Morgan fingerprint density at radius 2 is 2.21 bits per heavy atom. The van der Waals surface area contributed by atoms with Crippen LogP contribution in [0.3, 0.4) is 0 Å². The minimum atomic E-state index is -3.74. The van der Waals surface area contributed by atoms with Crippen molar-refractivity contribution in [3.63, 3.8) is 0 Å². The molecule has 1 aliphatic rings. The third-order valence-electron chi connectivity index (χ3n) is 3.06. The van der Waals surface area contributed by atoms with E-state index in [0.717, 1.165) is 43.6 Å². The van der Waals surface area contributed by atoms with Crippen molar-refractivity contribution >= 4 is 37.0 Å². The predicted molar refractivity (Wildman–Crippen MR) is 76.3 cm³/mol. The lowest BCUT2D eigenvalue weighted by Gasteiger charge is -2.21. The van der Waals surface area contributed by atoms with Gasteiger partial charge < -0.3 is 4.90 Å². The van der Waals surface area contributed by atoms with E-state index in [-0.39, 0.29) is 10.1 Å². The molecule has 0 aromatic carbocycles. The van der Waals surface area contributed by atoms with Crippen molar-refractivity contribution in [1.82, 2.24) is 4.90 Å². The summed E-state index contributed by atoms with van der Waals surface area (Å²) in [5.74, 6) is -0.0845. The zero-order chi connectivity index (χ0) is 14.0. The Labute approximate surface area is 121 Å². The maximum atomic E-state index is 12.4. The van der Waals surface area contributed by atoms with Gasteiger partial charge in [0.25, 0.3) is 15.0 Å². The first-order valence-electron chi connectivity index (χ1n) is 6.27. The molecule has 0 spiro atoms. The van der Waals surface area contributed by atoms with Crippen molar-refractivity contribution in [2.75, 3.05) is 6.54 Å². The summed E-state index contributed by atoms with van der Waals surface area (Å²) in [5, 5.41) is 1.57. The van der Waals surface area contributed by atoms with Crippen molar-refractivity contribution in [2.45, 2.75) is 42.9 Å². The number of halogens is 1. The molecule has 1 saturated carbocycles. The van der Waals surface area contributed by atoms with E-state index in [2.05, 4.69) is 6.92 Å². The lowest BCUT2D eigenvalue weighted by atomic mass is 10.2. The van der Waals surface area contributed by atoms with Crippen LogP contribution in [0.1, 0.15) is 43.0 Å². The summed E-state index contributed by atoms with van der Waals surface area (Å²) in [6, 6.07) is 1.70. The van der Waals surface area contributed by atoms with Gasteiger partial charge in [-0.1, -0.05) is 13.3 Å². The van der Waals surface area contributed by atoms with Gasteiger partial charge in [0, 0.05) is 28.6 Å². The fourth-order valence-corrected chi connectivity index (χ4v) is 3.83. The number of rotatable bonds is 6. The molecule has 4 nitrogen and oxygen atoms in total. The molecule has 1 aliphatic carbocycles. The van der Waals surface area contributed by atoms with Crippen LogP contribution in [-0.2, 0) is 9.05 Å². The zero-order valence-electron chi connectivity index (χ0n) is 10.6. The average Bonchev–Trinajstić information content (AvgIpc) is 3.04. The number of hydrogen-bond acceptors (Lipinski definition) is 4. The van der Waals surface area contributed by atoms with Crippen LogP contribution in [0.5, 0.6) is 0 Å². The molecule has 0 radical (unpaired) electrons. The highest BCUT2D eigenvalue weighted by Crippen LogP contribution is 2.30. The molecule has 1 fully saturated rings. The van der Waals surface area contributed by atoms with Gasteiger partial charge in [-0.25, -0.2) is 8.42 Å². The smallest absolute Gasteiger partial charge is 0.270 e. The quantitative estimate of drug-likeness (QED) is 0.757. The molecule has 0 saturated heterocycles. The summed E-state index contributed by atoms with van der Waals surface area (Å²) in [7, 11) is 1.53. The van der Waals surface area contributed by atoms with Crippen LogP contribution >= 0.6 is 22.0 Å². The first-order chi connectivity index (χ1) is 8.93. The SMILES string of the molecule is CCCCN(C(=O)c1csc(S(=O)(=O)Cl)c1)C1CC1. The van der Waals surface area contributed by atoms with Gasteiger partial charge in [-0.05, 0) is 25.3 Å². The van der Waals surface area contributed by atoms with E-state index in [1.165, 1.54) is 6.07 Å². The molecule has 7 heteroatoms. The van der Waals surface area contributed by atoms with E-state index in [9.17, 15) is 13.2 Å². The lowest BCUT2D eigenvalue weighted by molar-refractivity contribution is 0.0741. The molecular weight excluding hydrogens is 306 g/mol. The lowest BCUT2D eigenvalue weighted by Crippen LogP contribution is -2.33. The molecule has 0 unspecified atom stereocenters. The molecule has 0 aliphatic heterocycles. The fourth-order valence-electron chi connectivity index (χ4n) is 1.89. The predicted octanol–water partition coefficient (Wildman–Crippen LogP) is 3.08. The average molecular weight is 322 g/mol. The Hall–Kier alpha value is -0.590. The van der Waals surface area contributed by atoms with Gasteiger partial charge in [0.1, 0.15) is 4.21 Å². The van der Waals surface area contributed by atoms with Gasteiger partial charge in [0.05, 0.1) is 5.56 Å². The highest BCUT2D eigenvalue weighted by molar-refractivity contribution is 8.15. The third-order valence-corrected chi connectivity index (χ3v) is 6.10. The Kier molecular flexibility index (Phi) is 4.53. The van der Waals surface area contributed by atoms with Crippen molar-refractivity contribution in [1.29, 1.82) is 0 Å². The Morgan fingerprint density at radius 3 is 2.68 bits per heavy atom. The summed E-state index contributed by atoms with van der Waals surface area (Å²) in [5.41, 5.74) is 0.423. The van der Waals surface area contributed by atoms with Crippen LogP contribution in [-0.4, -0.2) is 31.8 Å². The second kappa shape index (κ2) is 5.81. The zero-order valence-corrected chi connectivity index (χ0v) is 13.0. The van der Waals surface area contributed by atoms with Crippen LogP contribution in [0.2, 0.25) is 0 Å². The summed E-state index contributed by atoms with van der Waals surface area (Å²) in [6.07, 6.45) is 4.08. The molecule has 1 heterocycles. The summed E-state index contributed by atoms with van der Waals surface area (Å²) in [4.78, 5) is 14.2. The molecule has 0 atom stereocenters. The molecule has 106 valence electrons. The first kappa shape index (κ1) is 14.8. The molecular formula is C12H16ClNO3S2. The van der Waals surface area contributed by atoms with Crippen LogP contribution in [0, 0.1) is 0 Å². The number of carbonyl (C=O) groups is 1. The van der Waals surface area contributed by atoms with Gasteiger partial charge in [-0.15, -0.1) is 11.3 Å². The maximum absolute atomic E-state index is 12.4. The van der Waals surface area contributed by atoms with Gasteiger partial charge in [0.2, 0.25) is 0 Å². The fraction of sp³-hybridized carbons (Fsp3) is 0.583. The minimum Gasteiger partial charge on any atom is -0.336 e. The van der Waals surface area contributed by atoms with Gasteiger partial charge in [-0.2, -0.15) is 0 Å². The Morgan fingerprint density at radius 1 is 1.53 bits per heavy atom. The van der Waals surface area contributed by atoms with Gasteiger partial charge >= 0.3 is 0 Å². The summed E-state index contributed by atoms with van der Waals surface area (Å²) >= 11 is 0.991. The van der Waals surface area contributed by atoms with E-state index in [4.69, 9.17) is 10.7 Å². The van der Waals surface area contributed by atoms with E-state index in [1.54, 1.807) is 5.38 Å². The molecule has 2 rings (SSSR count).